The number of carbonyl (C=O) groups is 2. The topological polar surface area (TPSA) is 61.9 Å². The standard InChI is InChI=1S/C21H23N3O3/c1-15-2-5-18(6-3-15)27-14-21(26)24-10-8-23(9-11-24)17-4-7-19-16(12-17)13-20(25)22-19/h2-7,12H,8-11,13-14H2,1H3,(H,22,25). The molecule has 6 heteroatoms. The van der Waals surface area contributed by atoms with E-state index in [1.165, 1.54) is 0 Å². The number of anilines is 2. The molecule has 4 rings (SSSR count). The summed E-state index contributed by atoms with van der Waals surface area (Å²) in [5.74, 6) is 0.777. The summed E-state index contributed by atoms with van der Waals surface area (Å²) in [5.41, 5.74) is 4.22. The van der Waals surface area contributed by atoms with Crippen LogP contribution in [0.4, 0.5) is 11.4 Å². The number of hydrogen-bond acceptors (Lipinski definition) is 4. The predicted octanol–water partition coefficient (Wildman–Crippen LogP) is 2.22. The molecule has 27 heavy (non-hydrogen) atoms. The Hall–Kier alpha value is -3.02. The molecular weight excluding hydrogens is 342 g/mol. The Morgan fingerprint density at radius 3 is 2.56 bits per heavy atom. The summed E-state index contributed by atoms with van der Waals surface area (Å²) in [7, 11) is 0. The quantitative estimate of drug-likeness (QED) is 0.903. The normalized spacial score (nSPS) is 16.1. The molecule has 2 amide bonds. The van der Waals surface area contributed by atoms with Gasteiger partial charge in [0.2, 0.25) is 5.91 Å². The van der Waals surface area contributed by atoms with E-state index >= 15 is 0 Å². The first-order chi connectivity index (χ1) is 13.1. The molecule has 1 saturated heterocycles. The van der Waals surface area contributed by atoms with Crippen molar-refractivity contribution in [1.29, 1.82) is 0 Å². The van der Waals surface area contributed by atoms with Crippen LogP contribution in [-0.4, -0.2) is 49.5 Å². The lowest BCUT2D eigenvalue weighted by Gasteiger charge is -2.36. The van der Waals surface area contributed by atoms with Crippen molar-refractivity contribution >= 4 is 23.2 Å². The van der Waals surface area contributed by atoms with E-state index in [9.17, 15) is 9.59 Å². The van der Waals surface area contributed by atoms with Crippen molar-refractivity contribution in [3.63, 3.8) is 0 Å². The van der Waals surface area contributed by atoms with Crippen LogP contribution >= 0.6 is 0 Å². The molecule has 1 N–H and O–H groups in total. The molecule has 2 aromatic carbocycles. The zero-order valence-electron chi connectivity index (χ0n) is 15.4. The number of hydrogen-bond donors (Lipinski definition) is 1. The number of amides is 2. The van der Waals surface area contributed by atoms with Crippen LogP contribution in [0.3, 0.4) is 0 Å². The first-order valence-electron chi connectivity index (χ1n) is 9.23. The van der Waals surface area contributed by atoms with E-state index in [-0.39, 0.29) is 18.4 Å². The zero-order valence-corrected chi connectivity index (χ0v) is 15.4. The minimum atomic E-state index is 0.0129. The first-order valence-corrected chi connectivity index (χ1v) is 9.23. The molecule has 0 bridgehead atoms. The lowest BCUT2D eigenvalue weighted by molar-refractivity contribution is -0.133. The van der Waals surface area contributed by atoms with Gasteiger partial charge in [-0.1, -0.05) is 17.7 Å². The summed E-state index contributed by atoms with van der Waals surface area (Å²) in [6.45, 7) is 4.97. The molecule has 0 aromatic heterocycles. The van der Waals surface area contributed by atoms with Crippen LogP contribution in [0.5, 0.6) is 5.75 Å². The maximum atomic E-state index is 12.4. The lowest BCUT2D eigenvalue weighted by Crippen LogP contribution is -2.50. The van der Waals surface area contributed by atoms with E-state index in [1.807, 2.05) is 48.2 Å². The fourth-order valence-corrected chi connectivity index (χ4v) is 3.50. The van der Waals surface area contributed by atoms with Crippen molar-refractivity contribution < 1.29 is 14.3 Å². The van der Waals surface area contributed by atoms with Gasteiger partial charge in [0.15, 0.2) is 6.61 Å². The van der Waals surface area contributed by atoms with Crippen LogP contribution < -0.4 is 15.0 Å². The predicted molar refractivity (Wildman–Crippen MR) is 104 cm³/mol. The van der Waals surface area contributed by atoms with Gasteiger partial charge in [-0.05, 0) is 42.8 Å². The summed E-state index contributed by atoms with van der Waals surface area (Å²) < 4.78 is 5.60. The Balaban J connectivity index is 1.29. The van der Waals surface area contributed by atoms with E-state index in [1.54, 1.807) is 0 Å². The number of nitrogens with one attached hydrogen (secondary N) is 1. The van der Waals surface area contributed by atoms with Crippen molar-refractivity contribution in [2.75, 3.05) is 43.0 Å². The maximum Gasteiger partial charge on any atom is 0.260 e. The summed E-state index contributed by atoms with van der Waals surface area (Å²) in [6.07, 6.45) is 0.442. The second-order valence-electron chi connectivity index (χ2n) is 7.04. The van der Waals surface area contributed by atoms with E-state index < -0.39 is 0 Å². The van der Waals surface area contributed by atoms with Gasteiger partial charge in [0.05, 0.1) is 6.42 Å². The summed E-state index contributed by atoms with van der Waals surface area (Å²) in [6, 6.07) is 13.8. The van der Waals surface area contributed by atoms with Gasteiger partial charge in [-0.3, -0.25) is 9.59 Å². The summed E-state index contributed by atoms with van der Waals surface area (Å²) in [5, 5.41) is 2.86. The highest BCUT2D eigenvalue weighted by molar-refractivity contribution is 5.99. The van der Waals surface area contributed by atoms with Gasteiger partial charge in [0, 0.05) is 37.6 Å². The van der Waals surface area contributed by atoms with Gasteiger partial charge in [0.1, 0.15) is 5.75 Å². The third kappa shape index (κ3) is 3.89. The SMILES string of the molecule is Cc1ccc(OCC(=O)N2CCN(c3ccc4c(c3)CC(=O)N4)CC2)cc1. The van der Waals surface area contributed by atoms with Crippen molar-refractivity contribution in [1.82, 2.24) is 4.90 Å². The molecule has 140 valence electrons. The third-order valence-electron chi connectivity index (χ3n) is 5.09. The Bertz CT molecular complexity index is 855. The van der Waals surface area contributed by atoms with Gasteiger partial charge in [-0.25, -0.2) is 0 Å². The molecule has 2 aromatic rings. The van der Waals surface area contributed by atoms with Crippen LogP contribution in [0.2, 0.25) is 0 Å². The lowest BCUT2D eigenvalue weighted by atomic mass is 10.1. The molecule has 0 radical (unpaired) electrons. The van der Waals surface area contributed by atoms with Crippen LogP contribution in [0.25, 0.3) is 0 Å². The number of benzene rings is 2. The Morgan fingerprint density at radius 1 is 1.07 bits per heavy atom. The number of nitrogens with zero attached hydrogens (tertiary/aromatic N) is 2. The maximum absolute atomic E-state index is 12.4. The fourth-order valence-electron chi connectivity index (χ4n) is 3.50. The average molecular weight is 365 g/mol. The molecule has 0 spiro atoms. The molecule has 2 aliphatic rings. The van der Waals surface area contributed by atoms with Crippen molar-refractivity contribution in [3.8, 4) is 5.75 Å². The minimum Gasteiger partial charge on any atom is -0.484 e. The molecular formula is C21H23N3O3. The van der Waals surface area contributed by atoms with Gasteiger partial charge < -0.3 is 19.9 Å². The summed E-state index contributed by atoms with van der Waals surface area (Å²) in [4.78, 5) is 28.0. The molecule has 0 atom stereocenters. The second kappa shape index (κ2) is 7.31. The molecule has 6 nitrogen and oxygen atoms in total. The smallest absolute Gasteiger partial charge is 0.260 e. The highest BCUT2D eigenvalue weighted by atomic mass is 16.5. The van der Waals surface area contributed by atoms with Crippen LogP contribution in [-0.2, 0) is 16.0 Å². The highest BCUT2D eigenvalue weighted by Crippen LogP contribution is 2.28. The third-order valence-corrected chi connectivity index (χ3v) is 5.09. The van der Waals surface area contributed by atoms with E-state index in [0.29, 0.717) is 25.3 Å². The van der Waals surface area contributed by atoms with Crippen LogP contribution in [0.15, 0.2) is 42.5 Å². The number of piperazine rings is 1. The minimum absolute atomic E-state index is 0.0129. The average Bonchev–Trinajstić information content (AvgIpc) is 3.06. The largest absolute Gasteiger partial charge is 0.484 e. The number of aryl methyl sites for hydroxylation is 1. The van der Waals surface area contributed by atoms with Crippen molar-refractivity contribution in [3.05, 3.63) is 53.6 Å². The van der Waals surface area contributed by atoms with Gasteiger partial charge in [-0.15, -0.1) is 0 Å². The Labute approximate surface area is 158 Å². The monoisotopic (exact) mass is 365 g/mol. The molecule has 0 unspecified atom stereocenters. The summed E-state index contributed by atoms with van der Waals surface area (Å²) >= 11 is 0. The van der Waals surface area contributed by atoms with Crippen LogP contribution in [0, 0.1) is 6.92 Å². The Morgan fingerprint density at radius 2 is 1.81 bits per heavy atom. The zero-order chi connectivity index (χ0) is 18.8. The fraction of sp³-hybridized carbons (Fsp3) is 0.333. The van der Waals surface area contributed by atoms with E-state index in [0.717, 1.165) is 35.6 Å². The second-order valence-corrected chi connectivity index (χ2v) is 7.04. The number of fused-ring (bicyclic) bond motifs is 1. The molecule has 2 heterocycles. The molecule has 1 fully saturated rings. The highest BCUT2D eigenvalue weighted by Gasteiger charge is 2.23. The van der Waals surface area contributed by atoms with Crippen molar-refractivity contribution in [2.24, 2.45) is 0 Å². The van der Waals surface area contributed by atoms with Crippen molar-refractivity contribution in [2.45, 2.75) is 13.3 Å². The van der Waals surface area contributed by atoms with E-state index in [2.05, 4.69) is 16.3 Å². The van der Waals surface area contributed by atoms with E-state index in [4.69, 9.17) is 4.74 Å². The number of ether oxygens (including phenoxy) is 1. The molecule has 0 aliphatic carbocycles. The first kappa shape index (κ1) is 17.4. The van der Waals surface area contributed by atoms with Gasteiger partial charge in [0.25, 0.3) is 5.91 Å². The van der Waals surface area contributed by atoms with Crippen LogP contribution in [0.1, 0.15) is 11.1 Å². The van der Waals surface area contributed by atoms with Gasteiger partial charge >= 0.3 is 0 Å². The molecule has 2 aliphatic heterocycles. The Kier molecular flexibility index (Phi) is 4.71. The number of rotatable bonds is 4. The number of carbonyl (C=O) groups excluding carboxylic acids is 2. The molecule has 0 saturated carbocycles. The van der Waals surface area contributed by atoms with Gasteiger partial charge in [-0.2, -0.15) is 0 Å².